The molecule has 0 saturated heterocycles. The SMILES string of the molecule is CCCNCc1cc(F)cnc1Oc1c(C)nn(C)c1C. The highest BCUT2D eigenvalue weighted by atomic mass is 19.1. The molecule has 0 aliphatic rings. The average Bonchev–Trinajstić information content (AvgIpc) is 2.68. The Hall–Kier alpha value is -1.95. The Morgan fingerprint density at radius 3 is 2.76 bits per heavy atom. The van der Waals surface area contributed by atoms with Crippen molar-refractivity contribution < 1.29 is 9.13 Å². The van der Waals surface area contributed by atoms with Crippen molar-refractivity contribution >= 4 is 0 Å². The zero-order valence-electron chi connectivity index (χ0n) is 12.9. The van der Waals surface area contributed by atoms with E-state index in [1.54, 1.807) is 4.68 Å². The van der Waals surface area contributed by atoms with Gasteiger partial charge in [-0.3, -0.25) is 4.68 Å². The summed E-state index contributed by atoms with van der Waals surface area (Å²) in [5.41, 5.74) is 2.39. The van der Waals surface area contributed by atoms with Gasteiger partial charge in [0.05, 0.1) is 11.9 Å². The highest BCUT2D eigenvalue weighted by Crippen LogP contribution is 2.29. The lowest BCUT2D eigenvalue weighted by Gasteiger charge is -2.11. The molecule has 0 fully saturated rings. The van der Waals surface area contributed by atoms with Crippen LogP contribution >= 0.6 is 0 Å². The Balaban J connectivity index is 2.26. The van der Waals surface area contributed by atoms with Crippen LogP contribution in [0.25, 0.3) is 0 Å². The lowest BCUT2D eigenvalue weighted by Crippen LogP contribution is -2.15. The standard InChI is InChI=1S/C15H21FN4O/c1-5-6-17-8-12-7-13(16)9-18-15(12)21-14-10(2)19-20(4)11(14)3/h7,9,17H,5-6,8H2,1-4H3. The molecule has 5 nitrogen and oxygen atoms in total. The molecule has 0 atom stereocenters. The second kappa shape index (κ2) is 6.67. The molecule has 2 rings (SSSR count). The molecule has 2 aromatic rings. The van der Waals surface area contributed by atoms with E-state index in [2.05, 4.69) is 22.3 Å². The summed E-state index contributed by atoms with van der Waals surface area (Å²) in [7, 11) is 1.86. The molecular formula is C15H21FN4O. The van der Waals surface area contributed by atoms with Gasteiger partial charge in [-0.2, -0.15) is 5.10 Å². The third kappa shape index (κ3) is 3.58. The van der Waals surface area contributed by atoms with Crippen LogP contribution in [-0.4, -0.2) is 21.3 Å². The fourth-order valence-electron chi connectivity index (χ4n) is 2.09. The molecule has 6 heteroatoms. The van der Waals surface area contributed by atoms with Crippen molar-refractivity contribution in [2.75, 3.05) is 6.54 Å². The fourth-order valence-corrected chi connectivity index (χ4v) is 2.09. The second-order valence-electron chi connectivity index (χ2n) is 5.02. The molecule has 0 bridgehead atoms. The lowest BCUT2D eigenvalue weighted by atomic mass is 10.2. The van der Waals surface area contributed by atoms with Crippen LogP contribution in [0.15, 0.2) is 12.3 Å². The van der Waals surface area contributed by atoms with E-state index in [-0.39, 0.29) is 5.82 Å². The van der Waals surface area contributed by atoms with E-state index in [0.29, 0.717) is 23.7 Å². The van der Waals surface area contributed by atoms with Crippen LogP contribution in [0.5, 0.6) is 11.6 Å². The zero-order valence-corrected chi connectivity index (χ0v) is 12.9. The molecule has 0 unspecified atom stereocenters. The molecule has 0 aliphatic carbocycles. The van der Waals surface area contributed by atoms with Gasteiger partial charge in [0.15, 0.2) is 5.75 Å². The van der Waals surface area contributed by atoms with Crippen molar-refractivity contribution in [1.29, 1.82) is 0 Å². The van der Waals surface area contributed by atoms with E-state index in [0.717, 1.165) is 24.4 Å². The van der Waals surface area contributed by atoms with Gasteiger partial charge < -0.3 is 10.1 Å². The van der Waals surface area contributed by atoms with Crippen molar-refractivity contribution in [3.8, 4) is 11.6 Å². The van der Waals surface area contributed by atoms with E-state index < -0.39 is 0 Å². The van der Waals surface area contributed by atoms with E-state index in [1.165, 1.54) is 12.3 Å². The summed E-state index contributed by atoms with van der Waals surface area (Å²) >= 11 is 0. The summed E-state index contributed by atoms with van der Waals surface area (Å²) in [6, 6.07) is 1.45. The first kappa shape index (κ1) is 15.4. The van der Waals surface area contributed by atoms with E-state index in [9.17, 15) is 4.39 Å². The maximum atomic E-state index is 13.4. The average molecular weight is 292 g/mol. The van der Waals surface area contributed by atoms with E-state index in [1.807, 2.05) is 20.9 Å². The van der Waals surface area contributed by atoms with E-state index >= 15 is 0 Å². The third-order valence-electron chi connectivity index (χ3n) is 3.28. The minimum absolute atomic E-state index is 0.365. The number of ether oxygens (including phenoxy) is 1. The van der Waals surface area contributed by atoms with Gasteiger partial charge in [0.25, 0.3) is 0 Å². The van der Waals surface area contributed by atoms with Crippen LogP contribution in [0.4, 0.5) is 4.39 Å². The number of hydrogen-bond acceptors (Lipinski definition) is 4. The Bertz CT molecular complexity index is 624. The number of nitrogens with zero attached hydrogens (tertiary/aromatic N) is 3. The largest absolute Gasteiger partial charge is 0.435 e. The molecular weight excluding hydrogens is 271 g/mol. The highest BCUT2D eigenvalue weighted by Gasteiger charge is 2.15. The van der Waals surface area contributed by atoms with Crippen molar-refractivity contribution in [3.63, 3.8) is 0 Å². The van der Waals surface area contributed by atoms with Crippen LogP contribution in [0.2, 0.25) is 0 Å². The van der Waals surface area contributed by atoms with Crippen LogP contribution in [-0.2, 0) is 13.6 Å². The molecule has 2 aromatic heterocycles. The fraction of sp³-hybridized carbons (Fsp3) is 0.467. The predicted octanol–water partition coefficient (Wildman–Crippen LogP) is 2.86. The number of rotatable bonds is 6. The van der Waals surface area contributed by atoms with Crippen molar-refractivity contribution in [2.45, 2.75) is 33.7 Å². The van der Waals surface area contributed by atoms with Crippen molar-refractivity contribution in [1.82, 2.24) is 20.1 Å². The maximum Gasteiger partial charge on any atom is 0.224 e. The topological polar surface area (TPSA) is 52.0 Å². The molecule has 0 aliphatic heterocycles. The molecule has 0 radical (unpaired) electrons. The number of halogens is 1. The Kier molecular flexibility index (Phi) is 4.90. The quantitative estimate of drug-likeness (QED) is 0.832. The number of aryl methyl sites for hydroxylation is 2. The molecule has 0 amide bonds. The lowest BCUT2D eigenvalue weighted by molar-refractivity contribution is 0.441. The Morgan fingerprint density at radius 1 is 1.38 bits per heavy atom. The minimum atomic E-state index is -0.365. The van der Waals surface area contributed by atoms with Gasteiger partial charge in [-0.1, -0.05) is 6.92 Å². The van der Waals surface area contributed by atoms with Crippen molar-refractivity contribution in [2.24, 2.45) is 7.05 Å². The molecule has 0 saturated carbocycles. The summed E-state index contributed by atoms with van der Waals surface area (Å²) in [6.45, 7) is 7.26. The Labute approximate surface area is 124 Å². The van der Waals surface area contributed by atoms with Crippen LogP contribution < -0.4 is 10.1 Å². The predicted molar refractivity (Wildman–Crippen MR) is 78.9 cm³/mol. The summed E-state index contributed by atoms with van der Waals surface area (Å²) in [5.74, 6) is 0.725. The molecule has 21 heavy (non-hydrogen) atoms. The molecule has 114 valence electrons. The summed E-state index contributed by atoms with van der Waals surface area (Å²) < 4.78 is 21.0. The van der Waals surface area contributed by atoms with Gasteiger partial charge in [0, 0.05) is 19.2 Å². The van der Waals surface area contributed by atoms with Gasteiger partial charge in [0.1, 0.15) is 11.5 Å². The smallest absolute Gasteiger partial charge is 0.224 e. The molecule has 2 heterocycles. The first-order valence-electron chi connectivity index (χ1n) is 7.06. The third-order valence-corrected chi connectivity index (χ3v) is 3.28. The first-order chi connectivity index (χ1) is 10.0. The van der Waals surface area contributed by atoms with Crippen molar-refractivity contribution in [3.05, 3.63) is 35.0 Å². The summed E-state index contributed by atoms with van der Waals surface area (Å²) in [4.78, 5) is 4.07. The zero-order chi connectivity index (χ0) is 15.4. The van der Waals surface area contributed by atoms with Gasteiger partial charge in [-0.15, -0.1) is 0 Å². The van der Waals surface area contributed by atoms with Gasteiger partial charge in [-0.25, -0.2) is 9.37 Å². The molecule has 0 aromatic carbocycles. The normalized spacial score (nSPS) is 10.9. The van der Waals surface area contributed by atoms with Gasteiger partial charge in [0.2, 0.25) is 5.88 Å². The van der Waals surface area contributed by atoms with Crippen LogP contribution in [0.3, 0.4) is 0 Å². The van der Waals surface area contributed by atoms with Gasteiger partial charge >= 0.3 is 0 Å². The summed E-state index contributed by atoms with van der Waals surface area (Å²) in [6.07, 6.45) is 2.18. The maximum absolute atomic E-state index is 13.4. The minimum Gasteiger partial charge on any atom is -0.435 e. The second-order valence-corrected chi connectivity index (χ2v) is 5.02. The van der Waals surface area contributed by atoms with Gasteiger partial charge in [-0.05, 0) is 32.9 Å². The van der Waals surface area contributed by atoms with Crippen LogP contribution in [0.1, 0.15) is 30.3 Å². The number of hydrogen-bond donors (Lipinski definition) is 1. The monoisotopic (exact) mass is 292 g/mol. The van der Waals surface area contributed by atoms with E-state index in [4.69, 9.17) is 4.74 Å². The molecule has 0 spiro atoms. The highest BCUT2D eigenvalue weighted by molar-refractivity contribution is 5.37. The number of pyridine rings is 1. The number of nitrogens with one attached hydrogen (secondary N) is 1. The Morgan fingerprint density at radius 2 is 2.14 bits per heavy atom. The molecule has 1 N–H and O–H groups in total. The number of aromatic nitrogens is 3. The van der Waals surface area contributed by atoms with Crippen LogP contribution in [0, 0.1) is 19.7 Å². The first-order valence-corrected chi connectivity index (χ1v) is 7.06. The summed E-state index contributed by atoms with van der Waals surface area (Å²) in [5, 5.41) is 7.54.